The summed E-state index contributed by atoms with van der Waals surface area (Å²) in [5.74, 6) is 0.289. The van der Waals surface area contributed by atoms with Gasteiger partial charge in [-0.25, -0.2) is 4.98 Å². The highest BCUT2D eigenvalue weighted by Crippen LogP contribution is 2.26. The number of aryl methyl sites for hydroxylation is 1. The number of methoxy groups -OCH3 is 1. The van der Waals surface area contributed by atoms with Crippen LogP contribution in [0.25, 0.3) is 0 Å². The van der Waals surface area contributed by atoms with Crippen molar-refractivity contribution in [2.24, 2.45) is 5.73 Å². The summed E-state index contributed by atoms with van der Waals surface area (Å²) >= 11 is 6.20. The van der Waals surface area contributed by atoms with E-state index in [0.29, 0.717) is 27.6 Å². The van der Waals surface area contributed by atoms with Gasteiger partial charge in [0.05, 0.1) is 24.0 Å². The van der Waals surface area contributed by atoms with E-state index >= 15 is 0 Å². The first kappa shape index (κ1) is 14.4. The maximum absolute atomic E-state index is 12.1. The topological polar surface area (TPSA) is 77.2 Å². The molecule has 0 aliphatic carbocycles. The van der Waals surface area contributed by atoms with E-state index in [2.05, 4.69) is 10.3 Å². The number of thiocarbonyl (C=S) groups is 1. The molecular formula is C13H13N3O2S2. The molecule has 0 bridgehead atoms. The van der Waals surface area contributed by atoms with E-state index in [-0.39, 0.29) is 10.9 Å². The van der Waals surface area contributed by atoms with E-state index < -0.39 is 0 Å². The van der Waals surface area contributed by atoms with E-state index in [1.807, 2.05) is 0 Å². The fraction of sp³-hybridized carbons (Fsp3) is 0.154. The second-order valence-electron chi connectivity index (χ2n) is 4.00. The highest BCUT2D eigenvalue weighted by Gasteiger charge is 2.14. The number of nitrogens with two attached hydrogens (primary N) is 1. The van der Waals surface area contributed by atoms with Crippen molar-refractivity contribution in [2.45, 2.75) is 6.92 Å². The molecule has 2 aromatic rings. The summed E-state index contributed by atoms with van der Waals surface area (Å²) in [6.07, 6.45) is 0. The molecule has 1 heterocycles. The van der Waals surface area contributed by atoms with Crippen molar-refractivity contribution in [3.63, 3.8) is 0 Å². The molecule has 20 heavy (non-hydrogen) atoms. The summed E-state index contributed by atoms with van der Waals surface area (Å²) in [5.41, 5.74) is 9.15. The smallest absolute Gasteiger partial charge is 0.267 e. The van der Waals surface area contributed by atoms with Gasteiger partial charge in [-0.05, 0) is 25.1 Å². The van der Waals surface area contributed by atoms with Crippen LogP contribution in [-0.2, 0) is 0 Å². The van der Waals surface area contributed by atoms with E-state index in [1.165, 1.54) is 18.4 Å². The number of amides is 1. The lowest BCUT2D eigenvalue weighted by molar-refractivity contribution is 0.102. The van der Waals surface area contributed by atoms with Gasteiger partial charge in [0.2, 0.25) is 0 Å². The van der Waals surface area contributed by atoms with Crippen molar-refractivity contribution in [1.82, 2.24) is 4.98 Å². The first-order chi connectivity index (χ1) is 9.52. The molecular weight excluding hydrogens is 294 g/mol. The van der Waals surface area contributed by atoms with Crippen LogP contribution in [0.1, 0.15) is 20.9 Å². The van der Waals surface area contributed by atoms with Crippen LogP contribution in [0.5, 0.6) is 5.75 Å². The Kier molecular flexibility index (Phi) is 4.31. The highest BCUT2D eigenvalue weighted by molar-refractivity contribution is 7.80. The number of benzene rings is 1. The average Bonchev–Trinajstić information content (AvgIpc) is 2.85. The maximum Gasteiger partial charge on any atom is 0.267 e. The molecule has 104 valence electrons. The normalized spacial score (nSPS) is 10.1. The Morgan fingerprint density at radius 1 is 1.50 bits per heavy atom. The Hall–Kier alpha value is -1.99. The minimum absolute atomic E-state index is 0.216. The Morgan fingerprint density at radius 2 is 2.25 bits per heavy atom. The molecule has 0 fully saturated rings. The van der Waals surface area contributed by atoms with Gasteiger partial charge in [0.15, 0.2) is 0 Å². The van der Waals surface area contributed by atoms with Crippen molar-refractivity contribution in [2.75, 3.05) is 12.4 Å². The molecule has 5 nitrogen and oxygen atoms in total. The molecule has 0 aliphatic heterocycles. The number of ether oxygens (including phenoxy) is 1. The van der Waals surface area contributed by atoms with Gasteiger partial charge in [-0.1, -0.05) is 12.2 Å². The predicted octanol–water partition coefficient (Wildman–Crippen LogP) is 2.35. The second-order valence-corrected chi connectivity index (χ2v) is 5.29. The van der Waals surface area contributed by atoms with Crippen LogP contribution in [0.4, 0.5) is 5.69 Å². The van der Waals surface area contributed by atoms with Crippen LogP contribution < -0.4 is 15.8 Å². The molecule has 1 aromatic carbocycles. The SMILES string of the molecule is COc1cc(C(N)=S)ccc1NC(=O)c1scnc1C. The van der Waals surface area contributed by atoms with Crippen molar-refractivity contribution in [3.8, 4) is 5.75 Å². The third-order valence-corrected chi connectivity index (χ3v) is 3.85. The Morgan fingerprint density at radius 3 is 2.80 bits per heavy atom. The van der Waals surface area contributed by atoms with Gasteiger partial charge < -0.3 is 15.8 Å². The second kappa shape index (κ2) is 5.98. The summed E-state index contributed by atoms with van der Waals surface area (Å²) in [4.78, 5) is 17.0. The number of hydrogen-bond donors (Lipinski definition) is 2. The summed E-state index contributed by atoms with van der Waals surface area (Å²) in [6, 6.07) is 5.14. The molecule has 0 saturated carbocycles. The number of aromatic nitrogens is 1. The first-order valence-electron chi connectivity index (χ1n) is 5.72. The fourth-order valence-electron chi connectivity index (χ4n) is 1.65. The van der Waals surface area contributed by atoms with Gasteiger partial charge >= 0.3 is 0 Å². The zero-order chi connectivity index (χ0) is 14.7. The van der Waals surface area contributed by atoms with Gasteiger partial charge in [0, 0.05) is 5.56 Å². The third kappa shape index (κ3) is 2.94. The van der Waals surface area contributed by atoms with Gasteiger partial charge in [-0.3, -0.25) is 4.79 Å². The number of thiazole rings is 1. The molecule has 0 aliphatic rings. The van der Waals surface area contributed by atoms with Crippen LogP contribution in [0, 0.1) is 6.92 Å². The summed E-state index contributed by atoms with van der Waals surface area (Å²) < 4.78 is 5.24. The number of carbonyl (C=O) groups excluding carboxylic acids is 1. The average molecular weight is 307 g/mol. The lowest BCUT2D eigenvalue weighted by Crippen LogP contribution is -2.14. The van der Waals surface area contributed by atoms with Crippen molar-refractivity contribution in [1.29, 1.82) is 0 Å². The molecule has 0 saturated heterocycles. The number of anilines is 1. The van der Waals surface area contributed by atoms with Gasteiger partial charge in [0.1, 0.15) is 15.6 Å². The zero-order valence-corrected chi connectivity index (χ0v) is 12.6. The molecule has 0 unspecified atom stereocenters. The Bertz CT molecular complexity index is 667. The lowest BCUT2D eigenvalue weighted by Gasteiger charge is -2.11. The summed E-state index contributed by atoms with van der Waals surface area (Å²) in [6.45, 7) is 1.79. The molecule has 0 radical (unpaired) electrons. The molecule has 7 heteroatoms. The predicted molar refractivity (Wildman–Crippen MR) is 83.7 cm³/mol. The Balaban J connectivity index is 2.27. The maximum atomic E-state index is 12.1. The minimum atomic E-state index is -0.216. The minimum Gasteiger partial charge on any atom is -0.495 e. The van der Waals surface area contributed by atoms with Crippen LogP contribution in [0.2, 0.25) is 0 Å². The number of hydrogen-bond acceptors (Lipinski definition) is 5. The van der Waals surface area contributed by atoms with Crippen molar-refractivity contribution < 1.29 is 9.53 Å². The number of carbonyl (C=O) groups is 1. The fourth-order valence-corrected chi connectivity index (χ4v) is 2.47. The molecule has 1 aromatic heterocycles. The van der Waals surface area contributed by atoms with Crippen LogP contribution in [0.3, 0.4) is 0 Å². The quantitative estimate of drug-likeness (QED) is 0.848. The molecule has 1 amide bonds. The van der Waals surface area contributed by atoms with Gasteiger partial charge in [-0.2, -0.15) is 0 Å². The molecule has 2 rings (SSSR count). The van der Waals surface area contributed by atoms with Crippen molar-refractivity contribution in [3.05, 3.63) is 39.8 Å². The molecule has 0 spiro atoms. The standard InChI is InChI=1S/C13H13N3O2S2/c1-7-11(20-6-15-7)13(17)16-9-4-3-8(12(14)19)5-10(9)18-2/h3-6H,1-2H3,(H2,14,19)(H,16,17). The third-order valence-electron chi connectivity index (χ3n) is 2.69. The van der Waals surface area contributed by atoms with Crippen LogP contribution in [-0.4, -0.2) is 23.0 Å². The summed E-state index contributed by atoms with van der Waals surface area (Å²) in [5, 5.41) is 2.79. The van der Waals surface area contributed by atoms with E-state index in [0.717, 1.165) is 0 Å². The van der Waals surface area contributed by atoms with E-state index in [4.69, 9.17) is 22.7 Å². The first-order valence-corrected chi connectivity index (χ1v) is 7.01. The van der Waals surface area contributed by atoms with Gasteiger partial charge in [0.25, 0.3) is 5.91 Å². The van der Waals surface area contributed by atoms with Crippen LogP contribution in [0.15, 0.2) is 23.7 Å². The highest BCUT2D eigenvalue weighted by atomic mass is 32.1. The largest absolute Gasteiger partial charge is 0.495 e. The van der Waals surface area contributed by atoms with E-state index in [1.54, 1.807) is 30.6 Å². The number of nitrogens with one attached hydrogen (secondary N) is 1. The number of rotatable bonds is 4. The Labute approximate surface area is 125 Å². The summed E-state index contributed by atoms with van der Waals surface area (Å²) in [7, 11) is 1.52. The monoisotopic (exact) mass is 307 g/mol. The van der Waals surface area contributed by atoms with E-state index in [9.17, 15) is 4.79 Å². The van der Waals surface area contributed by atoms with Crippen LogP contribution >= 0.6 is 23.6 Å². The molecule has 3 N–H and O–H groups in total. The van der Waals surface area contributed by atoms with Crippen molar-refractivity contribution >= 4 is 40.1 Å². The number of nitrogens with zero attached hydrogens (tertiary/aromatic N) is 1. The zero-order valence-electron chi connectivity index (χ0n) is 11.0. The lowest BCUT2D eigenvalue weighted by atomic mass is 10.2. The van der Waals surface area contributed by atoms with Gasteiger partial charge in [-0.15, -0.1) is 11.3 Å². The molecule has 0 atom stereocenters.